The summed E-state index contributed by atoms with van der Waals surface area (Å²) in [6.07, 6.45) is 2.96. The van der Waals surface area contributed by atoms with Crippen LogP contribution in [0.5, 0.6) is 17.2 Å². The van der Waals surface area contributed by atoms with Gasteiger partial charge < -0.3 is 19.7 Å². The Balaban J connectivity index is 1.61. The molecule has 9 heteroatoms. The maximum atomic E-state index is 13.5. The Morgan fingerprint density at radius 1 is 1.03 bits per heavy atom. The van der Waals surface area contributed by atoms with Gasteiger partial charge in [0.2, 0.25) is 0 Å². The lowest BCUT2D eigenvalue weighted by Gasteiger charge is -2.24. The molecule has 2 N–H and O–H groups in total. The molecule has 1 aliphatic heterocycles. The van der Waals surface area contributed by atoms with Crippen LogP contribution in [0.3, 0.4) is 0 Å². The van der Waals surface area contributed by atoms with Gasteiger partial charge in [0.15, 0.2) is 28.2 Å². The maximum absolute atomic E-state index is 13.5. The summed E-state index contributed by atoms with van der Waals surface area (Å²) < 4.78 is 11.9. The van der Waals surface area contributed by atoms with Gasteiger partial charge in [-0.2, -0.15) is 0 Å². The molecular formula is C30H26N2O6S. The molecule has 8 nitrogen and oxygen atoms in total. The van der Waals surface area contributed by atoms with E-state index in [-0.39, 0.29) is 17.1 Å². The number of nitrogens with zero attached hydrogens (tertiary/aromatic N) is 2. The van der Waals surface area contributed by atoms with Gasteiger partial charge >= 0.3 is 0 Å². The van der Waals surface area contributed by atoms with Crippen molar-refractivity contribution in [1.82, 2.24) is 4.98 Å². The van der Waals surface area contributed by atoms with Crippen LogP contribution in [-0.2, 0) is 9.59 Å². The number of carbonyl (C=O) groups excluding carboxylic acids is 2. The van der Waals surface area contributed by atoms with Gasteiger partial charge in [-0.05, 0) is 61.4 Å². The summed E-state index contributed by atoms with van der Waals surface area (Å²) in [6.45, 7) is 4.48. The van der Waals surface area contributed by atoms with Crippen molar-refractivity contribution in [3.8, 4) is 17.2 Å². The monoisotopic (exact) mass is 542 g/mol. The van der Waals surface area contributed by atoms with Crippen molar-refractivity contribution in [3.63, 3.8) is 0 Å². The highest BCUT2D eigenvalue weighted by Gasteiger charge is 2.45. The van der Waals surface area contributed by atoms with E-state index in [0.717, 1.165) is 10.3 Å². The van der Waals surface area contributed by atoms with E-state index >= 15 is 0 Å². The molecule has 1 aliphatic rings. The standard InChI is InChI=1S/C30H26N2O6S/c1-3-37-20-12-13-21-25(17-20)39-30(31-21)32-27(19-11-15-22(33)24(16-19)38-4-2)26(28(35)29(32)36)23(34)14-10-18-8-6-5-7-9-18/h5-17,27,33,35H,3-4H2,1-2H3/b14-10+. The zero-order valence-corrected chi connectivity index (χ0v) is 22.1. The lowest BCUT2D eigenvalue weighted by atomic mass is 9.95. The molecule has 0 bridgehead atoms. The zero-order valence-electron chi connectivity index (χ0n) is 21.3. The Bertz CT molecular complexity index is 1610. The number of thiazole rings is 1. The van der Waals surface area contributed by atoms with Gasteiger partial charge in [0.1, 0.15) is 5.75 Å². The number of phenols is 1. The number of aromatic hydroxyl groups is 1. The molecule has 0 spiro atoms. The van der Waals surface area contributed by atoms with Crippen LogP contribution in [0.25, 0.3) is 16.3 Å². The van der Waals surface area contributed by atoms with E-state index in [2.05, 4.69) is 4.98 Å². The molecule has 3 aromatic carbocycles. The minimum Gasteiger partial charge on any atom is -0.504 e. The fourth-order valence-electron chi connectivity index (χ4n) is 4.42. The quantitative estimate of drug-likeness (QED) is 0.250. The Hall–Kier alpha value is -4.63. The highest BCUT2D eigenvalue weighted by molar-refractivity contribution is 7.22. The fourth-order valence-corrected chi connectivity index (χ4v) is 5.44. The first-order valence-corrected chi connectivity index (χ1v) is 13.3. The molecule has 1 amide bonds. The third-order valence-electron chi connectivity index (χ3n) is 6.17. The number of allylic oxidation sites excluding steroid dienone is 1. The Kier molecular flexibility index (Phi) is 7.33. The molecule has 0 aliphatic carbocycles. The predicted molar refractivity (Wildman–Crippen MR) is 150 cm³/mol. The highest BCUT2D eigenvalue weighted by atomic mass is 32.1. The minimum absolute atomic E-state index is 0.0787. The van der Waals surface area contributed by atoms with Crippen LogP contribution in [0.4, 0.5) is 5.13 Å². The van der Waals surface area contributed by atoms with Crippen LogP contribution in [0.2, 0.25) is 0 Å². The molecule has 2 heterocycles. The second-order valence-corrected chi connectivity index (χ2v) is 9.68. The van der Waals surface area contributed by atoms with Crippen molar-refractivity contribution in [1.29, 1.82) is 0 Å². The van der Waals surface area contributed by atoms with Crippen LogP contribution in [0.1, 0.15) is 31.0 Å². The minimum atomic E-state index is -1.00. The average molecular weight is 543 g/mol. The first-order valence-electron chi connectivity index (χ1n) is 12.4. The molecule has 1 aromatic heterocycles. The van der Waals surface area contributed by atoms with Gasteiger partial charge in [-0.25, -0.2) is 4.98 Å². The number of aliphatic hydroxyl groups excluding tert-OH is 1. The predicted octanol–water partition coefficient (Wildman–Crippen LogP) is 5.98. The number of rotatable bonds is 9. The van der Waals surface area contributed by atoms with Crippen LogP contribution >= 0.6 is 11.3 Å². The van der Waals surface area contributed by atoms with Crippen LogP contribution in [-0.4, -0.2) is 40.1 Å². The molecule has 0 saturated heterocycles. The van der Waals surface area contributed by atoms with Crippen LogP contribution in [0.15, 0.2) is 84.1 Å². The summed E-state index contributed by atoms with van der Waals surface area (Å²) in [5.74, 6) is -1.12. The molecule has 5 rings (SSSR count). The van der Waals surface area contributed by atoms with Crippen molar-refractivity contribution in [3.05, 3.63) is 95.3 Å². The number of hydrogen-bond donors (Lipinski definition) is 2. The van der Waals surface area contributed by atoms with Gasteiger partial charge in [-0.3, -0.25) is 14.5 Å². The number of hydrogen-bond acceptors (Lipinski definition) is 8. The number of fused-ring (bicyclic) bond motifs is 1. The largest absolute Gasteiger partial charge is 0.504 e. The van der Waals surface area contributed by atoms with E-state index in [1.165, 1.54) is 28.4 Å². The second-order valence-electron chi connectivity index (χ2n) is 8.67. The topological polar surface area (TPSA) is 109 Å². The van der Waals surface area contributed by atoms with E-state index in [1.54, 1.807) is 37.3 Å². The number of aromatic nitrogens is 1. The zero-order chi connectivity index (χ0) is 27.5. The van der Waals surface area contributed by atoms with Crippen molar-refractivity contribution in [2.75, 3.05) is 18.1 Å². The van der Waals surface area contributed by atoms with Gasteiger partial charge in [-0.15, -0.1) is 0 Å². The van der Waals surface area contributed by atoms with Gasteiger partial charge in [0, 0.05) is 0 Å². The molecular weight excluding hydrogens is 516 g/mol. The number of benzene rings is 3. The molecule has 198 valence electrons. The number of aliphatic hydroxyl groups is 1. The molecule has 39 heavy (non-hydrogen) atoms. The van der Waals surface area contributed by atoms with E-state index < -0.39 is 23.5 Å². The highest BCUT2D eigenvalue weighted by Crippen LogP contribution is 2.45. The third-order valence-corrected chi connectivity index (χ3v) is 7.18. The van der Waals surface area contributed by atoms with Crippen LogP contribution in [0, 0.1) is 0 Å². The summed E-state index contributed by atoms with van der Waals surface area (Å²) >= 11 is 1.25. The summed E-state index contributed by atoms with van der Waals surface area (Å²) in [4.78, 5) is 33.0. The van der Waals surface area contributed by atoms with E-state index in [9.17, 15) is 19.8 Å². The van der Waals surface area contributed by atoms with Crippen LogP contribution < -0.4 is 14.4 Å². The van der Waals surface area contributed by atoms with Gasteiger partial charge in [0.05, 0.1) is 35.0 Å². The van der Waals surface area contributed by atoms with Crippen molar-refractivity contribution >= 4 is 44.5 Å². The second kappa shape index (κ2) is 11.0. The van der Waals surface area contributed by atoms with Gasteiger partial charge in [0.25, 0.3) is 5.91 Å². The molecule has 4 aromatic rings. The lowest BCUT2D eigenvalue weighted by molar-refractivity contribution is -0.117. The number of ether oxygens (including phenoxy) is 2. The number of carbonyl (C=O) groups is 2. The first-order chi connectivity index (χ1) is 18.9. The molecule has 0 fully saturated rings. The molecule has 0 radical (unpaired) electrons. The van der Waals surface area contributed by atoms with Crippen molar-refractivity contribution in [2.24, 2.45) is 0 Å². The number of ketones is 1. The molecule has 0 saturated carbocycles. The molecule has 1 unspecified atom stereocenters. The summed E-state index contributed by atoms with van der Waals surface area (Å²) in [5.41, 5.74) is 1.83. The van der Waals surface area contributed by atoms with Gasteiger partial charge in [-0.1, -0.05) is 53.8 Å². The average Bonchev–Trinajstić information content (AvgIpc) is 3.47. The number of phenolic OH excluding ortho intramolecular Hbond substituents is 1. The van der Waals surface area contributed by atoms with E-state index in [1.807, 2.05) is 43.3 Å². The third kappa shape index (κ3) is 5.08. The lowest BCUT2D eigenvalue weighted by Crippen LogP contribution is -2.30. The van der Waals surface area contributed by atoms with Crippen molar-refractivity contribution < 1.29 is 29.3 Å². The Labute approximate surface area is 229 Å². The summed E-state index contributed by atoms with van der Waals surface area (Å²) in [5, 5.41) is 21.6. The first kappa shape index (κ1) is 26.0. The summed E-state index contributed by atoms with van der Waals surface area (Å²) in [7, 11) is 0. The maximum Gasteiger partial charge on any atom is 0.296 e. The Morgan fingerprint density at radius 3 is 2.54 bits per heavy atom. The smallest absolute Gasteiger partial charge is 0.296 e. The molecule has 1 atom stereocenters. The number of anilines is 1. The van der Waals surface area contributed by atoms with E-state index in [0.29, 0.717) is 35.2 Å². The fraction of sp³-hybridized carbons (Fsp3) is 0.167. The van der Waals surface area contributed by atoms with E-state index in [4.69, 9.17) is 9.47 Å². The van der Waals surface area contributed by atoms with Crippen molar-refractivity contribution in [2.45, 2.75) is 19.9 Å². The number of amides is 1. The normalized spacial score (nSPS) is 15.5. The Morgan fingerprint density at radius 2 is 1.79 bits per heavy atom. The SMILES string of the molecule is CCOc1ccc2nc(N3C(=O)C(O)=C(C(=O)/C=C/c4ccccc4)C3c3ccc(O)c(OCC)c3)sc2c1. The summed E-state index contributed by atoms with van der Waals surface area (Å²) in [6, 6.07) is 18.3.